The van der Waals surface area contributed by atoms with Crippen LogP contribution in [0.2, 0.25) is 0 Å². The summed E-state index contributed by atoms with van der Waals surface area (Å²) in [5.74, 6) is 0.528. The van der Waals surface area contributed by atoms with E-state index in [2.05, 4.69) is 10.4 Å². The van der Waals surface area contributed by atoms with Crippen molar-refractivity contribution in [3.8, 4) is 0 Å². The fourth-order valence-electron chi connectivity index (χ4n) is 1.41. The summed E-state index contributed by atoms with van der Waals surface area (Å²) < 4.78 is 6.57. The van der Waals surface area contributed by atoms with Crippen LogP contribution in [0.25, 0.3) is 0 Å². The van der Waals surface area contributed by atoms with Gasteiger partial charge in [-0.2, -0.15) is 5.10 Å². The third-order valence-corrected chi connectivity index (χ3v) is 2.01. The number of amides is 1. The lowest BCUT2D eigenvalue weighted by Crippen LogP contribution is -2.27. The van der Waals surface area contributed by atoms with Crippen LogP contribution in [0.3, 0.4) is 0 Å². The summed E-state index contributed by atoms with van der Waals surface area (Å²) >= 11 is 0. The summed E-state index contributed by atoms with van der Waals surface area (Å²) in [6, 6.07) is 1.85. The number of carbonyl (C=O) groups excluding carboxylic acids is 1. The van der Waals surface area contributed by atoms with Crippen molar-refractivity contribution in [3.05, 3.63) is 11.8 Å². The molecule has 0 aliphatic rings. The molecular weight excluding hydrogens is 206 g/mol. The molecule has 5 heteroatoms. The van der Waals surface area contributed by atoms with Gasteiger partial charge in [0.15, 0.2) is 0 Å². The minimum Gasteiger partial charge on any atom is -0.375 e. The number of aromatic nitrogens is 2. The lowest BCUT2D eigenvalue weighted by atomic mass is 10.1. The summed E-state index contributed by atoms with van der Waals surface area (Å²) in [5.41, 5.74) is 0.715. The largest absolute Gasteiger partial charge is 0.375 e. The van der Waals surface area contributed by atoms with Gasteiger partial charge in [0.1, 0.15) is 12.4 Å². The number of carbonyl (C=O) groups is 1. The SMILES string of the molecule is COCC(=O)Nc1cc(C)nn1C(C)(C)C. The zero-order valence-corrected chi connectivity index (χ0v) is 10.5. The Kier molecular flexibility index (Phi) is 3.70. The molecule has 5 nitrogen and oxygen atoms in total. The van der Waals surface area contributed by atoms with Crippen LogP contribution in [0.1, 0.15) is 26.5 Å². The van der Waals surface area contributed by atoms with Crippen molar-refractivity contribution in [2.75, 3.05) is 19.0 Å². The first-order valence-corrected chi connectivity index (χ1v) is 5.20. The number of rotatable bonds is 3. The van der Waals surface area contributed by atoms with Gasteiger partial charge in [0.25, 0.3) is 5.91 Å². The van der Waals surface area contributed by atoms with Crippen molar-refractivity contribution < 1.29 is 9.53 Å². The average Bonchev–Trinajstić information content (AvgIpc) is 2.46. The maximum absolute atomic E-state index is 11.4. The van der Waals surface area contributed by atoms with E-state index in [1.54, 1.807) is 4.68 Å². The van der Waals surface area contributed by atoms with E-state index in [9.17, 15) is 4.79 Å². The minimum absolute atomic E-state index is 0.0500. The summed E-state index contributed by atoms with van der Waals surface area (Å²) in [5, 5.41) is 7.13. The first-order chi connectivity index (χ1) is 7.34. The first kappa shape index (κ1) is 12.7. The Morgan fingerprint density at radius 3 is 2.69 bits per heavy atom. The fraction of sp³-hybridized carbons (Fsp3) is 0.636. The molecule has 0 fully saturated rings. The predicted molar refractivity (Wildman–Crippen MR) is 62.5 cm³/mol. The molecule has 0 aromatic carbocycles. The van der Waals surface area contributed by atoms with E-state index in [0.29, 0.717) is 5.82 Å². The Morgan fingerprint density at radius 1 is 1.56 bits per heavy atom. The van der Waals surface area contributed by atoms with E-state index in [-0.39, 0.29) is 18.1 Å². The van der Waals surface area contributed by atoms with Crippen molar-refractivity contribution in [1.82, 2.24) is 9.78 Å². The van der Waals surface area contributed by atoms with E-state index in [0.717, 1.165) is 5.69 Å². The van der Waals surface area contributed by atoms with E-state index in [1.165, 1.54) is 7.11 Å². The molecule has 0 saturated heterocycles. The lowest BCUT2D eigenvalue weighted by molar-refractivity contribution is -0.119. The van der Waals surface area contributed by atoms with Gasteiger partial charge in [0.05, 0.1) is 11.2 Å². The first-order valence-electron chi connectivity index (χ1n) is 5.20. The molecule has 1 rings (SSSR count). The second-order valence-electron chi connectivity index (χ2n) is 4.73. The number of ether oxygens (including phenoxy) is 1. The number of aryl methyl sites for hydroxylation is 1. The number of hydrogen-bond acceptors (Lipinski definition) is 3. The third kappa shape index (κ3) is 3.06. The van der Waals surface area contributed by atoms with Crippen LogP contribution in [0.15, 0.2) is 6.07 Å². The number of hydrogen-bond donors (Lipinski definition) is 1. The number of anilines is 1. The standard InChI is InChI=1S/C11H19N3O2/c1-8-6-9(12-10(15)7-16-5)14(13-8)11(2,3)4/h6H,7H2,1-5H3,(H,12,15). The van der Waals surface area contributed by atoms with Crippen molar-refractivity contribution in [3.63, 3.8) is 0 Å². The molecule has 16 heavy (non-hydrogen) atoms. The molecule has 0 radical (unpaired) electrons. The fourth-order valence-corrected chi connectivity index (χ4v) is 1.41. The molecule has 1 N–H and O–H groups in total. The second-order valence-corrected chi connectivity index (χ2v) is 4.73. The third-order valence-electron chi connectivity index (χ3n) is 2.01. The zero-order chi connectivity index (χ0) is 12.3. The topological polar surface area (TPSA) is 56.1 Å². The van der Waals surface area contributed by atoms with Crippen LogP contribution in [-0.4, -0.2) is 29.4 Å². The molecule has 90 valence electrons. The van der Waals surface area contributed by atoms with Gasteiger partial charge in [-0.1, -0.05) is 0 Å². The highest BCUT2D eigenvalue weighted by Crippen LogP contribution is 2.20. The molecular formula is C11H19N3O2. The smallest absolute Gasteiger partial charge is 0.251 e. The average molecular weight is 225 g/mol. The monoisotopic (exact) mass is 225 g/mol. The molecule has 0 saturated carbocycles. The molecule has 1 heterocycles. The number of methoxy groups -OCH3 is 1. The summed E-state index contributed by atoms with van der Waals surface area (Å²) in [6.07, 6.45) is 0. The van der Waals surface area contributed by atoms with Gasteiger partial charge in [0, 0.05) is 13.2 Å². The van der Waals surface area contributed by atoms with Crippen molar-refractivity contribution in [1.29, 1.82) is 0 Å². The quantitative estimate of drug-likeness (QED) is 0.848. The molecule has 0 bridgehead atoms. The number of nitrogens with zero attached hydrogens (tertiary/aromatic N) is 2. The van der Waals surface area contributed by atoms with Gasteiger partial charge < -0.3 is 10.1 Å². The highest BCUT2D eigenvalue weighted by atomic mass is 16.5. The second kappa shape index (κ2) is 4.65. The highest BCUT2D eigenvalue weighted by molar-refractivity contribution is 5.90. The van der Waals surface area contributed by atoms with Gasteiger partial charge in [-0.05, 0) is 27.7 Å². The lowest BCUT2D eigenvalue weighted by Gasteiger charge is -2.22. The molecule has 1 aromatic heterocycles. The van der Waals surface area contributed by atoms with E-state index in [4.69, 9.17) is 4.74 Å². The molecule has 0 aliphatic heterocycles. The predicted octanol–water partition coefficient (Wildman–Crippen LogP) is 1.53. The molecule has 1 amide bonds. The summed E-state index contributed by atoms with van der Waals surface area (Å²) in [7, 11) is 1.49. The van der Waals surface area contributed by atoms with Crippen LogP contribution in [-0.2, 0) is 15.1 Å². The Bertz CT molecular complexity index is 377. The molecule has 0 aliphatic carbocycles. The van der Waals surface area contributed by atoms with Crippen LogP contribution >= 0.6 is 0 Å². The van der Waals surface area contributed by atoms with Crippen LogP contribution in [0.5, 0.6) is 0 Å². The van der Waals surface area contributed by atoms with Gasteiger partial charge in [-0.15, -0.1) is 0 Å². The van der Waals surface area contributed by atoms with Crippen molar-refractivity contribution >= 4 is 11.7 Å². The Balaban J connectivity index is 2.91. The molecule has 0 unspecified atom stereocenters. The van der Waals surface area contributed by atoms with E-state index >= 15 is 0 Å². The van der Waals surface area contributed by atoms with Crippen molar-refractivity contribution in [2.45, 2.75) is 33.2 Å². The van der Waals surface area contributed by atoms with Gasteiger partial charge >= 0.3 is 0 Å². The van der Waals surface area contributed by atoms with Crippen LogP contribution in [0.4, 0.5) is 5.82 Å². The van der Waals surface area contributed by atoms with Crippen LogP contribution in [0, 0.1) is 6.92 Å². The van der Waals surface area contributed by atoms with E-state index < -0.39 is 0 Å². The molecule has 0 spiro atoms. The molecule has 0 atom stereocenters. The normalized spacial score (nSPS) is 11.6. The Hall–Kier alpha value is -1.36. The Labute approximate surface area is 95.8 Å². The van der Waals surface area contributed by atoms with Crippen LogP contribution < -0.4 is 5.32 Å². The van der Waals surface area contributed by atoms with Gasteiger partial charge in [0.2, 0.25) is 0 Å². The minimum atomic E-state index is -0.173. The number of nitrogens with one attached hydrogen (secondary N) is 1. The van der Waals surface area contributed by atoms with Gasteiger partial charge in [-0.25, -0.2) is 4.68 Å². The maximum Gasteiger partial charge on any atom is 0.251 e. The summed E-state index contributed by atoms with van der Waals surface area (Å²) in [6.45, 7) is 8.05. The van der Waals surface area contributed by atoms with Crippen molar-refractivity contribution in [2.24, 2.45) is 0 Å². The molecule has 1 aromatic rings. The van der Waals surface area contributed by atoms with Gasteiger partial charge in [-0.3, -0.25) is 4.79 Å². The Morgan fingerprint density at radius 2 is 2.19 bits per heavy atom. The zero-order valence-electron chi connectivity index (χ0n) is 10.5. The van der Waals surface area contributed by atoms with E-state index in [1.807, 2.05) is 33.8 Å². The highest BCUT2D eigenvalue weighted by Gasteiger charge is 2.19. The summed E-state index contributed by atoms with van der Waals surface area (Å²) in [4.78, 5) is 11.4. The maximum atomic E-state index is 11.4.